The maximum absolute atomic E-state index is 13.9. The van der Waals surface area contributed by atoms with E-state index in [1.807, 2.05) is 24.3 Å². The second-order valence-corrected chi connectivity index (χ2v) is 12.3. The van der Waals surface area contributed by atoms with Crippen LogP contribution in [0.1, 0.15) is 30.6 Å². The Labute approximate surface area is 214 Å². The number of piperidine rings is 1. The van der Waals surface area contributed by atoms with Crippen LogP contribution in [0.4, 0.5) is 15.2 Å². The first-order valence-corrected chi connectivity index (χ1v) is 14.0. The molecule has 0 spiro atoms. The molecular weight excluding hydrogens is 497 g/mol. The van der Waals surface area contributed by atoms with Crippen LogP contribution in [0.15, 0.2) is 77.7 Å². The van der Waals surface area contributed by atoms with Crippen LogP contribution in [0.3, 0.4) is 0 Å². The average Bonchev–Trinajstić information content (AvgIpc) is 3.28. The van der Waals surface area contributed by atoms with Gasteiger partial charge in [-0.25, -0.2) is 17.8 Å². The average molecular weight is 524 g/mol. The van der Waals surface area contributed by atoms with Gasteiger partial charge in [0.2, 0.25) is 10.0 Å². The van der Waals surface area contributed by atoms with E-state index in [4.69, 9.17) is 0 Å². The third kappa shape index (κ3) is 4.78. The number of hydrogen-bond donors (Lipinski definition) is 0. The summed E-state index contributed by atoms with van der Waals surface area (Å²) < 4.78 is 43.0. The Morgan fingerprint density at radius 1 is 1.00 bits per heavy atom. The minimum Gasteiger partial charge on any atom is -0.268 e. The Bertz CT molecular complexity index is 1480. The van der Waals surface area contributed by atoms with Gasteiger partial charge in [0, 0.05) is 18.7 Å². The number of fused-ring (bicyclic) bond motifs is 1. The summed E-state index contributed by atoms with van der Waals surface area (Å²) in [6.45, 7) is 5.02. The molecule has 2 heterocycles. The van der Waals surface area contributed by atoms with E-state index in [9.17, 15) is 17.6 Å². The van der Waals surface area contributed by atoms with E-state index in [2.05, 4.69) is 18.8 Å². The molecule has 1 aliphatic rings. The van der Waals surface area contributed by atoms with Crippen molar-refractivity contribution in [2.24, 2.45) is 11.8 Å². The molecule has 36 heavy (non-hydrogen) atoms. The zero-order valence-electron chi connectivity index (χ0n) is 20.0. The van der Waals surface area contributed by atoms with Crippen LogP contribution in [0, 0.1) is 17.7 Å². The third-order valence-electron chi connectivity index (χ3n) is 6.32. The number of amides is 1. The van der Waals surface area contributed by atoms with Gasteiger partial charge in [-0.3, -0.25) is 9.69 Å². The molecule has 1 fully saturated rings. The van der Waals surface area contributed by atoms with Gasteiger partial charge in [-0.05, 0) is 72.9 Å². The first-order chi connectivity index (χ1) is 17.2. The molecule has 1 aromatic heterocycles. The van der Waals surface area contributed by atoms with Gasteiger partial charge in [0.25, 0.3) is 5.91 Å². The van der Waals surface area contributed by atoms with Crippen molar-refractivity contribution in [1.82, 2.24) is 9.29 Å². The van der Waals surface area contributed by atoms with E-state index in [1.165, 1.54) is 56.9 Å². The molecule has 0 N–H and O–H groups in total. The van der Waals surface area contributed by atoms with Crippen LogP contribution in [-0.2, 0) is 10.0 Å². The monoisotopic (exact) mass is 523 g/mol. The highest BCUT2D eigenvalue weighted by molar-refractivity contribution is 7.89. The second kappa shape index (κ2) is 9.72. The Kier molecular flexibility index (Phi) is 6.63. The third-order valence-corrected chi connectivity index (χ3v) is 9.17. The Morgan fingerprint density at radius 3 is 2.39 bits per heavy atom. The summed E-state index contributed by atoms with van der Waals surface area (Å²) in [6.07, 6.45) is 0.985. The molecule has 6 nitrogen and oxygen atoms in total. The van der Waals surface area contributed by atoms with E-state index in [0.29, 0.717) is 23.9 Å². The van der Waals surface area contributed by atoms with Crippen molar-refractivity contribution < 1.29 is 17.6 Å². The lowest BCUT2D eigenvalue weighted by molar-refractivity contribution is 0.0999. The molecule has 4 aromatic rings. The van der Waals surface area contributed by atoms with Gasteiger partial charge in [-0.2, -0.15) is 4.31 Å². The Hall–Kier alpha value is -3.14. The summed E-state index contributed by atoms with van der Waals surface area (Å²) in [4.78, 5) is 20.0. The summed E-state index contributed by atoms with van der Waals surface area (Å²) in [5, 5.41) is 0.416. The maximum atomic E-state index is 13.9. The fraction of sp³-hybridized carbons (Fsp3) is 0.259. The van der Waals surface area contributed by atoms with Crippen LogP contribution in [0.5, 0.6) is 0 Å². The first-order valence-electron chi connectivity index (χ1n) is 11.8. The predicted molar refractivity (Wildman–Crippen MR) is 141 cm³/mol. The van der Waals surface area contributed by atoms with Crippen molar-refractivity contribution in [3.05, 3.63) is 84.2 Å². The molecule has 0 aliphatic carbocycles. The molecule has 1 aliphatic heterocycles. The Balaban J connectivity index is 1.55. The van der Waals surface area contributed by atoms with Crippen LogP contribution in [0.2, 0.25) is 0 Å². The SMILES string of the molecule is C[C@@H]1C[C@H](C)CN(S(=O)(=O)c2cccc(C(=O)N(c3ccc(F)cc3)c3nc4ccccc4s3)c2)C1. The van der Waals surface area contributed by atoms with Gasteiger partial charge in [-0.1, -0.05) is 43.4 Å². The molecule has 9 heteroatoms. The molecule has 186 valence electrons. The number of benzene rings is 3. The Morgan fingerprint density at radius 2 is 1.69 bits per heavy atom. The normalized spacial score (nSPS) is 18.9. The van der Waals surface area contributed by atoms with E-state index in [-0.39, 0.29) is 22.3 Å². The molecule has 0 unspecified atom stereocenters. The van der Waals surface area contributed by atoms with E-state index < -0.39 is 21.7 Å². The van der Waals surface area contributed by atoms with Gasteiger partial charge in [0.15, 0.2) is 5.13 Å². The lowest BCUT2D eigenvalue weighted by Crippen LogP contribution is -2.42. The number of nitrogens with zero attached hydrogens (tertiary/aromatic N) is 3. The summed E-state index contributed by atoms with van der Waals surface area (Å²) in [6, 6.07) is 19.2. The highest BCUT2D eigenvalue weighted by Crippen LogP contribution is 2.35. The van der Waals surface area contributed by atoms with E-state index in [1.54, 1.807) is 12.1 Å². The maximum Gasteiger partial charge on any atom is 0.264 e. The number of carbonyl (C=O) groups is 1. The number of para-hydroxylation sites is 1. The summed E-state index contributed by atoms with van der Waals surface area (Å²) in [5.41, 5.74) is 1.38. The van der Waals surface area contributed by atoms with E-state index in [0.717, 1.165) is 16.6 Å². The van der Waals surface area contributed by atoms with Crippen LogP contribution < -0.4 is 4.90 Å². The second-order valence-electron chi connectivity index (χ2n) is 9.38. The zero-order chi connectivity index (χ0) is 25.4. The van der Waals surface area contributed by atoms with Crippen LogP contribution >= 0.6 is 11.3 Å². The van der Waals surface area contributed by atoms with Gasteiger partial charge < -0.3 is 0 Å². The highest BCUT2D eigenvalue weighted by Gasteiger charge is 2.32. The van der Waals surface area contributed by atoms with Crippen LogP contribution in [0.25, 0.3) is 10.2 Å². The molecule has 0 bridgehead atoms. The van der Waals surface area contributed by atoms with Gasteiger partial charge in [0.05, 0.1) is 20.8 Å². The first kappa shape index (κ1) is 24.5. The molecule has 5 rings (SSSR count). The number of carbonyl (C=O) groups excluding carboxylic acids is 1. The number of anilines is 2. The van der Waals surface area contributed by atoms with Crippen molar-refractivity contribution in [3.63, 3.8) is 0 Å². The number of thiazole rings is 1. The standard InChI is InChI=1S/C27H26FN3O3S2/c1-18-14-19(2)17-30(16-18)36(33,34)23-7-5-6-20(15-23)26(32)31(22-12-10-21(28)11-13-22)27-29-24-8-3-4-9-25(24)35-27/h3-13,15,18-19H,14,16-17H2,1-2H3/t18-,19+. The molecule has 2 atom stereocenters. The van der Waals surface area contributed by atoms with Crippen molar-refractivity contribution in [2.75, 3.05) is 18.0 Å². The molecule has 1 saturated heterocycles. The van der Waals surface area contributed by atoms with Crippen molar-refractivity contribution in [1.29, 1.82) is 0 Å². The van der Waals surface area contributed by atoms with Gasteiger partial charge in [-0.15, -0.1) is 0 Å². The highest BCUT2D eigenvalue weighted by atomic mass is 32.2. The minimum absolute atomic E-state index is 0.0815. The van der Waals surface area contributed by atoms with E-state index >= 15 is 0 Å². The van der Waals surface area contributed by atoms with Gasteiger partial charge in [0.1, 0.15) is 5.82 Å². The van der Waals surface area contributed by atoms with Crippen LogP contribution in [-0.4, -0.2) is 36.7 Å². The number of halogens is 1. The number of rotatable bonds is 5. The summed E-state index contributed by atoms with van der Waals surface area (Å²) in [5.74, 6) is -0.339. The van der Waals surface area contributed by atoms with Gasteiger partial charge >= 0.3 is 0 Å². The quantitative estimate of drug-likeness (QED) is 0.318. The predicted octanol–water partition coefficient (Wildman–Crippen LogP) is 6.08. The summed E-state index contributed by atoms with van der Waals surface area (Å²) >= 11 is 1.33. The molecule has 0 radical (unpaired) electrons. The summed E-state index contributed by atoms with van der Waals surface area (Å²) in [7, 11) is -3.76. The number of sulfonamides is 1. The lowest BCUT2D eigenvalue weighted by Gasteiger charge is -2.34. The molecule has 1 amide bonds. The number of hydrogen-bond acceptors (Lipinski definition) is 5. The fourth-order valence-corrected chi connectivity index (χ4v) is 7.44. The topological polar surface area (TPSA) is 70.6 Å². The molecular formula is C27H26FN3O3S2. The fourth-order valence-electron chi connectivity index (χ4n) is 4.73. The smallest absolute Gasteiger partial charge is 0.264 e. The van der Waals surface area contributed by atoms with Crippen molar-refractivity contribution in [3.8, 4) is 0 Å². The largest absolute Gasteiger partial charge is 0.268 e. The number of aromatic nitrogens is 1. The lowest BCUT2D eigenvalue weighted by atomic mass is 9.94. The van der Waals surface area contributed by atoms with Crippen molar-refractivity contribution in [2.45, 2.75) is 25.2 Å². The molecule has 3 aromatic carbocycles. The zero-order valence-corrected chi connectivity index (χ0v) is 21.6. The molecule has 0 saturated carbocycles. The minimum atomic E-state index is -3.76. The van der Waals surface area contributed by atoms with Crippen molar-refractivity contribution >= 4 is 48.3 Å².